The largest absolute Gasteiger partial charge is 0.202 e. The van der Waals surface area contributed by atoms with Crippen LogP contribution >= 0.6 is 0 Å². The van der Waals surface area contributed by atoms with E-state index in [4.69, 9.17) is 0 Å². The summed E-state index contributed by atoms with van der Waals surface area (Å²) in [6.07, 6.45) is 3.33. The summed E-state index contributed by atoms with van der Waals surface area (Å²) in [5.41, 5.74) is 1.12. The molecule has 48 valence electrons. The van der Waals surface area contributed by atoms with E-state index in [0.717, 1.165) is 18.8 Å². The Morgan fingerprint density at radius 1 is 1.78 bits per heavy atom. The van der Waals surface area contributed by atoms with E-state index >= 15 is 0 Å². The van der Waals surface area contributed by atoms with Gasteiger partial charge in [-0.05, 0) is 11.7 Å². The van der Waals surface area contributed by atoms with E-state index < -0.39 is 0 Å². The molecular weight excluding hydrogens is 114 g/mol. The molecule has 9 heavy (non-hydrogen) atoms. The molecule has 0 bridgehead atoms. The Labute approximate surface area is 53.9 Å². The Balaban J connectivity index is 2.51. The minimum absolute atomic E-state index is 1.09. The van der Waals surface area contributed by atoms with Crippen LogP contribution in [-0.2, 0) is 13.1 Å². The highest BCUT2D eigenvalue weighted by Crippen LogP contribution is 1.96. The van der Waals surface area contributed by atoms with Crippen molar-refractivity contribution in [2.75, 3.05) is 0 Å². The first-order valence-corrected chi connectivity index (χ1v) is 3.30. The molecule has 3 nitrogen and oxygen atoms in total. The van der Waals surface area contributed by atoms with Crippen molar-refractivity contribution in [3.8, 4) is 0 Å². The van der Waals surface area contributed by atoms with Gasteiger partial charge in [-0.15, -0.1) is 4.68 Å². The SMILES string of the molecule is Cc1cn2[n+](n1)CCC2. The van der Waals surface area contributed by atoms with Crippen molar-refractivity contribution in [2.45, 2.75) is 26.4 Å². The molecule has 1 aromatic rings. The predicted octanol–water partition coefficient (Wildman–Crippen LogP) is -0.117. The summed E-state index contributed by atoms with van der Waals surface area (Å²) < 4.78 is 2.16. The third-order valence-corrected chi connectivity index (χ3v) is 1.65. The third kappa shape index (κ3) is 0.642. The van der Waals surface area contributed by atoms with Crippen molar-refractivity contribution in [1.82, 2.24) is 9.78 Å². The van der Waals surface area contributed by atoms with Gasteiger partial charge in [0.2, 0.25) is 6.54 Å². The maximum atomic E-state index is 4.27. The Bertz CT molecular complexity index is 205. The number of hydrogen-bond acceptors (Lipinski definition) is 1. The monoisotopic (exact) mass is 124 g/mol. The van der Waals surface area contributed by atoms with Crippen LogP contribution < -0.4 is 4.80 Å². The lowest BCUT2D eigenvalue weighted by molar-refractivity contribution is -0.810. The van der Waals surface area contributed by atoms with Crippen LogP contribution in [0, 0.1) is 6.92 Å². The quantitative estimate of drug-likeness (QED) is 0.442. The molecular formula is C6H10N3+. The summed E-state index contributed by atoms with van der Waals surface area (Å²) in [5.74, 6) is 0. The van der Waals surface area contributed by atoms with E-state index in [1.54, 1.807) is 0 Å². The van der Waals surface area contributed by atoms with E-state index in [2.05, 4.69) is 16.0 Å². The normalized spacial score (nSPS) is 16.1. The van der Waals surface area contributed by atoms with Crippen LogP contribution in [0.3, 0.4) is 0 Å². The molecule has 0 spiro atoms. The summed E-state index contributed by atoms with van der Waals surface area (Å²) in [6, 6.07) is 0. The topological polar surface area (TPSA) is 21.7 Å². The summed E-state index contributed by atoms with van der Waals surface area (Å²) in [4.78, 5) is 2.02. The fraction of sp³-hybridized carbons (Fsp3) is 0.667. The van der Waals surface area contributed by atoms with Crippen molar-refractivity contribution in [3.05, 3.63) is 11.9 Å². The van der Waals surface area contributed by atoms with Crippen molar-refractivity contribution >= 4 is 0 Å². The van der Waals surface area contributed by atoms with E-state index in [1.165, 1.54) is 6.42 Å². The summed E-state index contributed by atoms with van der Waals surface area (Å²) in [7, 11) is 0. The molecule has 0 saturated heterocycles. The van der Waals surface area contributed by atoms with Crippen LogP contribution in [0.15, 0.2) is 6.20 Å². The number of fused-ring (bicyclic) bond motifs is 1. The van der Waals surface area contributed by atoms with Gasteiger partial charge in [-0.2, -0.15) is 0 Å². The molecule has 0 aliphatic carbocycles. The predicted molar refractivity (Wildman–Crippen MR) is 31.8 cm³/mol. The van der Waals surface area contributed by atoms with Gasteiger partial charge in [0.15, 0.2) is 0 Å². The first-order chi connectivity index (χ1) is 4.36. The number of nitrogens with zero attached hydrogens (tertiary/aromatic N) is 3. The lowest BCUT2D eigenvalue weighted by Crippen LogP contribution is -2.39. The van der Waals surface area contributed by atoms with E-state index in [-0.39, 0.29) is 0 Å². The summed E-state index contributed by atoms with van der Waals surface area (Å²) in [5, 5.41) is 4.27. The Kier molecular flexibility index (Phi) is 0.860. The Hall–Kier alpha value is -0.860. The van der Waals surface area contributed by atoms with Crippen molar-refractivity contribution in [1.29, 1.82) is 0 Å². The van der Waals surface area contributed by atoms with Crippen molar-refractivity contribution in [2.24, 2.45) is 0 Å². The zero-order valence-corrected chi connectivity index (χ0v) is 5.54. The van der Waals surface area contributed by atoms with Gasteiger partial charge in [0.1, 0.15) is 5.69 Å². The fourth-order valence-electron chi connectivity index (χ4n) is 1.28. The zero-order valence-electron chi connectivity index (χ0n) is 5.54. The molecule has 1 aromatic heterocycles. The van der Waals surface area contributed by atoms with Gasteiger partial charge in [0, 0.05) is 11.5 Å². The average Bonchev–Trinajstić information content (AvgIpc) is 2.22. The average molecular weight is 124 g/mol. The molecule has 1 aliphatic rings. The lowest BCUT2D eigenvalue weighted by Gasteiger charge is -1.78. The van der Waals surface area contributed by atoms with Crippen LogP contribution in [0.5, 0.6) is 0 Å². The van der Waals surface area contributed by atoms with E-state index in [1.807, 2.05) is 11.7 Å². The van der Waals surface area contributed by atoms with Gasteiger partial charge in [-0.3, -0.25) is 0 Å². The third-order valence-electron chi connectivity index (χ3n) is 1.65. The number of aromatic nitrogens is 3. The van der Waals surface area contributed by atoms with Crippen LogP contribution in [-0.4, -0.2) is 9.78 Å². The van der Waals surface area contributed by atoms with Gasteiger partial charge in [-0.1, -0.05) is 0 Å². The lowest BCUT2D eigenvalue weighted by atomic mass is 10.4. The van der Waals surface area contributed by atoms with Gasteiger partial charge in [-0.25, -0.2) is 0 Å². The summed E-state index contributed by atoms with van der Waals surface area (Å²) in [6.45, 7) is 4.26. The minimum atomic E-state index is 1.09. The highest BCUT2D eigenvalue weighted by atomic mass is 15.6. The molecule has 0 radical (unpaired) electrons. The maximum absolute atomic E-state index is 4.27. The molecule has 0 amide bonds. The molecule has 0 saturated carbocycles. The summed E-state index contributed by atoms with van der Waals surface area (Å²) >= 11 is 0. The smallest absolute Gasteiger partial charge is 0.134 e. The standard InChI is InChI=1S/C6H10N3/c1-6-5-8-3-2-4-9(8)7-6/h5H,2-4H2,1H3/q+1. The molecule has 0 N–H and O–H groups in total. The van der Waals surface area contributed by atoms with Crippen LogP contribution in [0.1, 0.15) is 12.1 Å². The van der Waals surface area contributed by atoms with Crippen LogP contribution in [0.2, 0.25) is 0 Å². The second-order valence-corrected chi connectivity index (χ2v) is 2.48. The second-order valence-electron chi connectivity index (χ2n) is 2.48. The number of hydrogen-bond donors (Lipinski definition) is 0. The maximum Gasteiger partial charge on any atom is 0.202 e. The Morgan fingerprint density at radius 2 is 2.67 bits per heavy atom. The highest BCUT2D eigenvalue weighted by molar-refractivity contribution is 4.84. The van der Waals surface area contributed by atoms with Crippen molar-refractivity contribution < 1.29 is 4.80 Å². The molecule has 1 aliphatic heterocycles. The van der Waals surface area contributed by atoms with Gasteiger partial charge in [0.05, 0.1) is 12.7 Å². The minimum Gasteiger partial charge on any atom is -0.134 e. The zero-order chi connectivity index (χ0) is 6.27. The molecule has 3 heteroatoms. The van der Waals surface area contributed by atoms with E-state index in [9.17, 15) is 0 Å². The first kappa shape index (κ1) is 4.97. The molecule has 2 heterocycles. The van der Waals surface area contributed by atoms with E-state index in [0.29, 0.717) is 0 Å². The van der Waals surface area contributed by atoms with Crippen molar-refractivity contribution in [3.63, 3.8) is 0 Å². The van der Waals surface area contributed by atoms with Gasteiger partial charge >= 0.3 is 0 Å². The molecule has 0 atom stereocenters. The van der Waals surface area contributed by atoms with Gasteiger partial charge < -0.3 is 0 Å². The molecule has 0 aromatic carbocycles. The molecule has 0 fully saturated rings. The fourth-order valence-corrected chi connectivity index (χ4v) is 1.28. The number of aryl methyl sites for hydroxylation is 3. The second kappa shape index (κ2) is 1.56. The molecule has 0 unspecified atom stereocenters. The Morgan fingerprint density at radius 3 is 3.44 bits per heavy atom. The first-order valence-electron chi connectivity index (χ1n) is 3.30. The van der Waals surface area contributed by atoms with Gasteiger partial charge in [0.25, 0.3) is 0 Å². The number of rotatable bonds is 0. The molecule has 2 rings (SSSR count). The van der Waals surface area contributed by atoms with Crippen LogP contribution in [0.4, 0.5) is 0 Å². The van der Waals surface area contributed by atoms with Crippen LogP contribution in [0.25, 0.3) is 0 Å². The highest BCUT2D eigenvalue weighted by Gasteiger charge is 2.18.